The molecular formula is C31H35N3O6. The molecule has 40 heavy (non-hydrogen) atoms. The van der Waals surface area contributed by atoms with Crippen LogP contribution in [-0.4, -0.2) is 74.0 Å². The lowest BCUT2D eigenvalue weighted by atomic mass is 9.98. The zero-order valence-electron chi connectivity index (χ0n) is 22.7. The summed E-state index contributed by atoms with van der Waals surface area (Å²) in [4.78, 5) is 39.7. The molecule has 0 fully saturated rings. The van der Waals surface area contributed by atoms with E-state index in [1.54, 1.807) is 7.05 Å². The number of benzene rings is 3. The van der Waals surface area contributed by atoms with E-state index in [4.69, 9.17) is 9.47 Å². The van der Waals surface area contributed by atoms with Crippen LogP contribution in [0.4, 0.5) is 4.79 Å². The highest BCUT2D eigenvalue weighted by molar-refractivity contribution is 5.89. The summed E-state index contributed by atoms with van der Waals surface area (Å²) in [5.41, 5.74) is 5.40. The summed E-state index contributed by atoms with van der Waals surface area (Å²) in [5.74, 6) is -1.91. The van der Waals surface area contributed by atoms with Crippen molar-refractivity contribution in [3.8, 4) is 11.1 Å². The third-order valence-electron chi connectivity index (χ3n) is 6.97. The number of carbonyl (C=O) groups is 3. The molecule has 0 aliphatic heterocycles. The van der Waals surface area contributed by atoms with E-state index in [-0.39, 0.29) is 32.1 Å². The minimum absolute atomic E-state index is 0.0813. The fourth-order valence-electron chi connectivity index (χ4n) is 5.02. The molecule has 0 radical (unpaired) electrons. The van der Waals surface area contributed by atoms with E-state index in [9.17, 15) is 19.5 Å². The van der Waals surface area contributed by atoms with Gasteiger partial charge >= 0.3 is 12.1 Å². The van der Waals surface area contributed by atoms with Gasteiger partial charge < -0.3 is 25.2 Å². The quantitative estimate of drug-likeness (QED) is 0.300. The molecule has 0 saturated carbocycles. The highest BCUT2D eigenvalue weighted by Crippen LogP contribution is 2.44. The zero-order valence-corrected chi connectivity index (χ0v) is 22.7. The Morgan fingerprint density at radius 2 is 1.48 bits per heavy atom. The molecule has 4 rings (SSSR count). The van der Waals surface area contributed by atoms with E-state index in [1.807, 2.05) is 71.6 Å². The molecule has 0 spiro atoms. The number of alkyl carbamates (subject to hydrolysis) is 1. The Balaban J connectivity index is 1.36. The number of ether oxygens (including phenoxy) is 2. The van der Waals surface area contributed by atoms with E-state index in [2.05, 4.69) is 22.8 Å². The Bertz CT molecular complexity index is 1270. The smallest absolute Gasteiger partial charge is 0.407 e. The first-order chi connectivity index (χ1) is 19.4. The summed E-state index contributed by atoms with van der Waals surface area (Å²) >= 11 is 0. The Morgan fingerprint density at radius 3 is 2.08 bits per heavy atom. The minimum Gasteiger partial charge on any atom is -0.480 e. The van der Waals surface area contributed by atoms with Gasteiger partial charge in [-0.3, -0.25) is 9.69 Å². The molecule has 3 aromatic rings. The number of methoxy groups -OCH3 is 1. The fraction of sp³-hybridized carbons (Fsp3) is 0.323. The molecule has 210 valence electrons. The lowest BCUT2D eigenvalue weighted by Crippen LogP contribution is -2.54. The lowest BCUT2D eigenvalue weighted by molar-refractivity contribution is -0.142. The van der Waals surface area contributed by atoms with E-state index in [0.717, 1.165) is 27.8 Å². The predicted molar refractivity (Wildman–Crippen MR) is 151 cm³/mol. The lowest BCUT2D eigenvalue weighted by Gasteiger charge is -2.25. The van der Waals surface area contributed by atoms with Crippen molar-refractivity contribution in [1.29, 1.82) is 0 Å². The topological polar surface area (TPSA) is 117 Å². The van der Waals surface area contributed by atoms with E-state index in [1.165, 1.54) is 7.11 Å². The van der Waals surface area contributed by atoms with Gasteiger partial charge in [0.15, 0.2) is 0 Å². The Labute approximate surface area is 234 Å². The molecule has 3 N–H and O–H groups in total. The number of nitrogens with one attached hydrogen (secondary N) is 2. The molecule has 0 saturated heterocycles. The molecule has 0 bridgehead atoms. The van der Waals surface area contributed by atoms with Crippen molar-refractivity contribution in [2.24, 2.45) is 0 Å². The van der Waals surface area contributed by atoms with Crippen molar-refractivity contribution in [3.05, 3.63) is 95.6 Å². The Hall–Kier alpha value is -4.21. The van der Waals surface area contributed by atoms with Crippen LogP contribution in [0.25, 0.3) is 11.1 Å². The second-order valence-electron chi connectivity index (χ2n) is 9.89. The summed E-state index contributed by atoms with van der Waals surface area (Å²) in [6.45, 7) is 0.886. The number of carboxylic acids is 1. The molecule has 3 aromatic carbocycles. The summed E-state index contributed by atoms with van der Waals surface area (Å²) in [7, 11) is 3.27. The van der Waals surface area contributed by atoms with Crippen LogP contribution in [0.5, 0.6) is 0 Å². The van der Waals surface area contributed by atoms with Crippen LogP contribution in [0.1, 0.15) is 29.0 Å². The van der Waals surface area contributed by atoms with Gasteiger partial charge in [-0.2, -0.15) is 0 Å². The van der Waals surface area contributed by atoms with Gasteiger partial charge in [0.25, 0.3) is 0 Å². The number of nitrogens with zero attached hydrogens (tertiary/aromatic N) is 1. The molecule has 0 heterocycles. The predicted octanol–water partition coefficient (Wildman–Crippen LogP) is 3.63. The monoisotopic (exact) mass is 545 g/mol. The first-order valence-electron chi connectivity index (χ1n) is 13.2. The minimum atomic E-state index is -1.17. The highest BCUT2D eigenvalue weighted by Gasteiger charge is 2.31. The molecule has 1 aliphatic carbocycles. The van der Waals surface area contributed by atoms with Crippen molar-refractivity contribution in [2.45, 2.75) is 31.0 Å². The first kappa shape index (κ1) is 28.8. The standard InChI is InChI=1S/C31H35N3O6/c1-34(18-21-10-4-3-5-11-21)19-28(30(36)37)32-29(35)27(16-17-39-2)33-31(38)40-20-26-24-14-8-6-12-22(24)23-13-7-9-15-25(23)26/h3-15,26-28H,16-20H2,1-2H3,(H,32,35)(H,33,38)(H,36,37). The fourth-order valence-corrected chi connectivity index (χ4v) is 5.02. The number of fused-ring (bicyclic) bond motifs is 3. The molecule has 2 unspecified atom stereocenters. The van der Waals surface area contributed by atoms with Crippen molar-refractivity contribution in [2.75, 3.05) is 33.9 Å². The van der Waals surface area contributed by atoms with Gasteiger partial charge in [0, 0.05) is 39.1 Å². The number of hydrogen-bond donors (Lipinski definition) is 3. The van der Waals surface area contributed by atoms with Crippen LogP contribution < -0.4 is 10.6 Å². The van der Waals surface area contributed by atoms with Crippen LogP contribution in [0.2, 0.25) is 0 Å². The highest BCUT2D eigenvalue weighted by atomic mass is 16.5. The van der Waals surface area contributed by atoms with Crippen LogP contribution >= 0.6 is 0 Å². The summed E-state index contributed by atoms with van der Waals surface area (Å²) in [5, 5.41) is 14.9. The maximum atomic E-state index is 13.1. The van der Waals surface area contributed by atoms with Crippen LogP contribution in [-0.2, 0) is 25.6 Å². The SMILES string of the molecule is COCCC(NC(=O)OCC1c2ccccc2-c2ccccc21)C(=O)NC(CN(C)Cc1ccccc1)C(=O)O. The van der Waals surface area contributed by atoms with Crippen molar-refractivity contribution < 1.29 is 29.0 Å². The van der Waals surface area contributed by atoms with E-state index < -0.39 is 30.1 Å². The molecule has 1 aliphatic rings. The van der Waals surface area contributed by atoms with Gasteiger partial charge in [-0.25, -0.2) is 9.59 Å². The molecule has 9 heteroatoms. The normalized spacial score (nSPS) is 13.7. The van der Waals surface area contributed by atoms with Crippen molar-refractivity contribution in [1.82, 2.24) is 15.5 Å². The average molecular weight is 546 g/mol. The van der Waals surface area contributed by atoms with Crippen molar-refractivity contribution >= 4 is 18.0 Å². The van der Waals surface area contributed by atoms with Gasteiger partial charge in [0.1, 0.15) is 18.7 Å². The molecule has 0 aromatic heterocycles. The number of hydrogen-bond acceptors (Lipinski definition) is 6. The van der Waals surface area contributed by atoms with Gasteiger partial charge in [-0.1, -0.05) is 78.9 Å². The number of likely N-dealkylation sites (N-methyl/N-ethyl adjacent to an activating group) is 1. The number of carbonyl (C=O) groups excluding carboxylic acids is 2. The summed E-state index contributed by atoms with van der Waals surface area (Å²) in [6, 6.07) is 23.5. The summed E-state index contributed by atoms with van der Waals surface area (Å²) in [6.07, 6.45) is -0.607. The van der Waals surface area contributed by atoms with Gasteiger partial charge in [0.2, 0.25) is 5.91 Å². The van der Waals surface area contributed by atoms with Crippen molar-refractivity contribution in [3.63, 3.8) is 0 Å². The maximum Gasteiger partial charge on any atom is 0.407 e. The van der Waals surface area contributed by atoms with Crippen LogP contribution in [0.3, 0.4) is 0 Å². The van der Waals surface area contributed by atoms with Gasteiger partial charge in [-0.15, -0.1) is 0 Å². The molecule has 2 amide bonds. The third-order valence-corrected chi connectivity index (χ3v) is 6.97. The number of rotatable bonds is 13. The second-order valence-corrected chi connectivity index (χ2v) is 9.89. The maximum absolute atomic E-state index is 13.1. The third kappa shape index (κ3) is 7.25. The number of aliphatic carboxylic acids is 1. The zero-order chi connectivity index (χ0) is 28.5. The number of carboxylic acid groups (broad SMARTS) is 1. The van der Waals surface area contributed by atoms with E-state index in [0.29, 0.717) is 6.54 Å². The van der Waals surface area contributed by atoms with Crippen LogP contribution in [0.15, 0.2) is 78.9 Å². The molecule has 9 nitrogen and oxygen atoms in total. The largest absolute Gasteiger partial charge is 0.480 e. The number of amides is 2. The Morgan fingerprint density at radius 1 is 0.875 bits per heavy atom. The molecule has 2 atom stereocenters. The van der Waals surface area contributed by atoms with E-state index >= 15 is 0 Å². The van der Waals surface area contributed by atoms with Gasteiger partial charge in [-0.05, 0) is 34.9 Å². The van der Waals surface area contributed by atoms with Crippen LogP contribution in [0, 0.1) is 0 Å². The first-order valence-corrected chi connectivity index (χ1v) is 13.2. The summed E-state index contributed by atoms with van der Waals surface area (Å²) < 4.78 is 10.7. The second kappa shape index (κ2) is 13.7. The Kier molecular flexibility index (Phi) is 9.88. The van der Waals surface area contributed by atoms with Gasteiger partial charge in [0.05, 0.1) is 0 Å². The molecular weight excluding hydrogens is 510 g/mol. The average Bonchev–Trinajstić information content (AvgIpc) is 3.27.